The quantitative estimate of drug-likeness (QED) is 0.227. The van der Waals surface area contributed by atoms with Gasteiger partial charge >= 0.3 is 5.82 Å². The monoisotopic (exact) mass is 636 g/mol. The summed E-state index contributed by atoms with van der Waals surface area (Å²) < 4.78 is 19.7. The fourth-order valence-corrected chi connectivity index (χ4v) is 6.34. The van der Waals surface area contributed by atoms with Gasteiger partial charge in [0.05, 0.1) is 55.5 Å². The smallest absolute Gasteiger partial charge is 0.312 e. The van der Waals surface area contributed by atoms with E-state index >= 15 is 0 Å². The van der Waals surface area contributed by atoms with Gasteiger partial charge in [0.15, 0.2) is 22.9 Å². The van der Waals surface area contributed by atoms with Gasteiger partial charge in [0.1, 0.15) is 17.6 Å². The fourth-order valence-electron chi connectivity index (χ4n) is 6.34. The van der Waals surface area contributed by atoms with Crippen LogP contribution in [0.4, 0.5) is 23.0 Å². The molecule has 1 aromatic carbocycles. The Morgan fingerprint density at radius 2 is 2.00 bits per heavy atom. The zero-order chi connectivity index (χ0) is 32.5. The molecule has 0 radical (unpaired) electrons. The zero-order valence-electron chi connectivity index (χ0n) is 26.8. The van der Waals surface area contributed by atoms with E-state index in [0.29, 0.717) is 65.1 Å². The Kier molecular flexibility index (Phi) is 8.35. The molecule has 0 aliphatic carbocycles. The molecular weight excluding hydrogens is 600 g/mol. The number of tetrazole rings is 1. The number of pyridine rings is 1. The van der Waals surface area contributed by atoms with Gasteiger partial charge in [0, 0.05) is 26.8 Å². The van der Waals surface area contributed by atoms with E-state index in [1.165, 1.54) is 4.80 Å². The van der Waals surface area contributed by atoms with E-state index in [2.05, 4.69) is 40.0 Å². The lowest BCUT2D eigenvalue weighted by Gasteiger charge is -2.25. The van der Waals surface area contributed by atoms with E-state index < -0.39 is 0 Å². The molecule has 0 spiro atoms. The van der Waals surface area contributed by atoms with Crippen LogP contribution in [0.1, 0.15) is 49.1 Å². The average molecular weight is 637 g/mol. The zero-order valence-corrected chi connectivity index (χ0v) is 26.8. The number of fused-ring (bicyclic) bond motifs is 1. The number of aromatic nitrogens is 9. The molecule has 15 heteroatoms. The van der Waals surface area contributed by atoms with Crippen LogP contribution in [0.25, 0.3) is 27.4 Å². The molecule has 1 N–H and O–H groups in total. The van der Waals surface area contributed by atoms with Crippen molar-refractivity contribution in [2.45, 2.75) is 51.4 Å². The van der Waals surface area contributed by atoms with Gasteiger partial charge in [-0.3, -0.25) is 4.57 Å². The normalized spacial score (nSPS) is 18.1. The second kappa shape index (κ2) is 12.9. The molecule has 0 amide bonds. The summed E-state index contributed by atoms with van der Waals surface area (Å²) in [6.07, 6.45) is 5.92. The number of hydrogen-bond acceptors (Lipinski definition) is 12. The minimum absolute atomic E-state index is 0.120. The molecule has 2 aliphatic rings. The van der Waals surface area contributed by atoms with Crippen molar-refractivity contribution in [3.8, 4) is 17.1 Å². The maximum absolute atomic E-state index is 7.84. The van der Waals surface area contributed by atoms with Crippen molar-refractivity contribution >= 4 is 34.2 Å². The van der Waals surface area contributed by atoms with E-state index in [4.69, 9.17) is 35.7 Å². The standard InChI is InChI=1S/C32H36N12O3/c1-19-35-27-25(38-24-10-8-9-23(28(24)46-5)29-39-41-42(3)40-29)16-20(37-31(27)44(19)26-11-6-7-14-47-26)15-21-17-34-32(30(33-2)36-21)43-13-12-22(18-43)45-4/h8-10,16-17,22,26H,6-7,11-15,18H2,1,3-5H3,(H,37,38)/t22-,26?/m1/s1. The third-order valence-corrected chi connectivity index (χ3v) is 8.59. The molecule has 0 bridgehead atoms. The summed E-state index contributed by atoms with van der Waals surface area (Å²) >= 11 is 0. The Bertz CT molecular complexity index is 1960. The number of methoxy groups -OCH3 is 2. The predicted octanol–water partition coefficient (Wildman–Crippen LogP) is 4.54. The second-order valence-electron chi connectivity index (χ2n) is 11.7. The van der Waals surface area contributed by atoms with Gasteiger partial charge in [0.25, 0.3) is 0 Å². The topological polar surface area (TPSA) is 147 Å². The molecule has 15 nitrogen and oxygen atoms in total. The SMILES string of the molecule is [C-]#[N+]c1nc(Cc2cc(Nc3cccc(-c4nnn(C)n4)c3OC)c3nc(C)n(C4CCCCO4)c3n2)cnc1N1CC[C@@H](OC)C1. The van der Waals surface area contributed by atoms with Crippen molar-refractivity contribution < 1.29 is 14.2 Å². The highest BCUT2D eigenvalue weighted by Gasteiger charge is 2.27. The first-order valence-electron chi connectivity index (χ1n) is 15.6. The fraction of sp³-hybridized carbons (Fsp3) is 0.438. The Hall–Kier alpha value is -5.20. The van der Waals surface area contributed by atoms with Gasteiger partial charge in [-0.2, -0.15) is 4.80 Å². The molecule has 47 heavy (non-hydrogen) atoms. The van der Waals surface area contributed by atoms with Crippen molar-refractivity contribution in [3.63, 3.8) is 0 Å². The average Bonchev–Trinajstić information content (AvgIpc) is 3.83. The van der Waals surface area contributed by atoms with Crippen LogP contribution < -0.4 is 15.0 Å². The molecule has 2 atom stereocenters. The predicted molar refractivity (Wildman–Crippen MR) is 174 cm³/mol. The Balaban J connectivity index is 1.29. The first kappa shape index (κ1) is 30.5. The molecular formula is C32H36N12O3. The molecule has 242 valence electrons. The molecule has 7 rings (SSSR count). The maximum Gasteiger partial charge on any atom is 0.312 e. The number of anilines is 3. The highest BCUT2D eigenvalue weighted by Crippen LogP contribution is 2.39. The van der Waals surface area contributed by atoms with E-state index in [9.17, 15) is 0 Å². The molecule has 4 aromatic heterocycles. The van der Waals surface area contributed by atoms with Crippen molar-refractivity contribution in [2.75, 3.05) is 44.1 Å². The van der Waals surface area contributed by atoms with Crippen LogP contribution in [0.3, 0.4) is 0 Å². The summed E-state index contributed by atoms with van der Waals surface area (Å²) in [6, 6.07) is 7.69. The molecule has 2 saturated heterocycles. The largest absolute Gasteiger partial charge is 0.494 e. The van der Waals surface area contributed by atoms with Crippen LogP contribution in [-0.2, 0) is 22.9 Å². The number of rotatable bonds is 9. The summed E-state index contributed by atoms with van der Waals surface area (Å²) in [7, 11) is 5.04. The van der Waals surface area contributed by atoms with Crippen LogP contribution in [-0.4, -0.2) is 84.7 Å². The summed E-state index contributed by atoms with van der Waals surface area (Å²) in [4.78, 5) is 26.7. The summed E-state index contributed by atoms with van der Waals surface area (Å²) in [5, 5.41) is 16.1. The third kappa shape index (κ3) is 5.93. The molecule has 2 fully saturated rings. The second-order valence-corrected chi connectivity index (χ2v) is 11.7. The van der Waals surface area contributed by atoms with Crippen LogP contribution in [0.15, 0.2) is 30.5 Å². The number of aryl methyl sites for hydroxylation is 2. The highest BCUT2D eigenvalue weighted by molar-refractivity contribution is 5.91. The number of nitrogens with one attached hydrogen (secondary N) is 1. The van der Waals surface area contributed by atoms with Crippen molar-refractivity contribution in [2.24, 2.45) is 7.05 Å². The lowest BCUT2D eigenvalue weighted by molar-refractivity contribution is -0.0309. The van der Waals surface area contributed by atoms with E-state index in [1.807, 2.05) is 31.2 Å². The summed E-state index contributed by atoms with van der Waals surface area (Å²) in [6.45, 7) is 12.0. The number of imidazole rings is 1. The van der Waals surface area contributed by atoms with E-state index in [-0.39, 0.29) is 18.1 Å². The first-order valence-corrected chi connectivity index (χ1v) is 15.6. The number of benzene rings is 1. The van der Waals surface area contributed by atoms with Crippen LogP contribution >= 0.6 is 0 Å². The van der Waals surface area contributed by atoms with Gasteiger partial charge in [-0.15, -0.1) is 15.2 Å². The number of para-hydroxylation sites is 1. The molecule has 5 aromatic rings. The lowest BCUT2D eigenvalue weighted by atomic mass is 10.1. The summed E-state index contributed by atoms with van der Waals surface area (Å²) in [5.74, 6) is 2.69. The number of ether oxygens (including phenoxy) is 3. The van der Waals surface area contributed by atoms with Crippen LogP contribution in [0.2, 0.25) is 0 Å². The van der Waals surface area contributed by atoms with E-state index in [1.54, 1.807) is 27.5 Å². The Labute approximate surface area is 271 Å². The van der Waals surface area contributed by atoms with Gasteiger partial charge in [-0.25, -0.2) is 15.0 Å². The van der Waals surface area contributed by atoms with Gasteiger partial charge in [0.2, 0.25) is 5.82 Å². The lowest BCUT2D eigenvalue weighted by Crippen LogP contribution is -2.23. The Morgan fingerprint density at radius 3 is 2.72 bits per heavy atom. The minimum Gasteiger partial charge on any atom is -0.494 e. The maximum atomic E-state index is 7.84. The van der Waals surface area contributed by atoms with Crippen molar-refractivity contribution in [1.82, 2.24) is 44.7 Å². The number of hydrogen-bond donors (Lipinski definition) is 1. The highest BCUT2D eigenvalue weighted by atomic mass is 16.5. The van der Waals surface area contributed by atoms with Gasteiger partial charge in [-0.1, -0.05) is 12.6 Å². The van der Waals surface area contributed by atoms with E-state index in [0.717, 1.165) is 49.4 Å². The first-order chi connectivity index (χ1) is 22.9. The minimum atomic E-state index is -0.158. The van der Waals surface area contributed by atoms with Gasteiger partial charge in [-0.05, 0) is 56.0 Å². The number of nitrogens with zero attached hydrogens (tertiary/aromatic N) is 11. The Morgan fingerprint density at radius 1 is 1.11 bits per heavy atom. The molecule has 2 aliphatic heterocycles. The summed E-state index contributed by atoms with van der Waals surface area (Å²) in [5.41, 5.74) is 4.93. The van der Waals surface area contributed by atoms with Crippen molar-refractivity contribution in [1.29, 1.82) is 0 Å². The van der Waals surface area contributed by atoms with Crippen molar-refractivity contribution in [3.05, 3.63) is 59.1 Å². The van der Waals surface area contributed by atoms with Crippen LogP contribution in [0.5, 0.6) is 5.75 Å². The third-order valence-electron chi connectivity index (χ3n) is 8.59. The van der Waals surface area contributed by atoms with Gasteiger partial charge < -0.3 is 29.3 Å². The molecule has 6 heterocycles. The molecule has 1 unspecified atom stereocenters. The van der Waals surface area contributed by atoms with Crippen LogP contribution in [0, 0.1) is 13.5 Å². The molecule has 0 saturated carbocycles.